The van der Waals surface area contributed by atoms with Gasteiger partial charge in [0.1, 0.15) is 19.0 Å². The van der Waals surface area contributed by atoms with Crippen LogP contribution in [0.5, 0.6) is 5.75 Å². The highest BCUT2D eigenvalue weighted by Crippen LogP contribution is 2.18. The standard InChI is InChI=1S/C19H25N3O3/c23-19(16-24-13-14-25-18-8-2-1-3-9-18)22-12-5-4-7-17(22)15-21-11-6-10-20-21/h1-3,6,8-11,17H,4-5,7,12-16H2/t17-/m1/s1. The van der Waals surface area contributed by atoms with Crippen LogP contribution in [-0.4, -0.2) is 53.0 Å². The van der Waals surface area contributed by atoms with Crippen LogP contribution in [0.4, 0.5) is 0 Å². The molecule has 25 heavy (non-hydrogen) atoms. The van der Waals surface area contributed by atoms with Crippen molar-refractivity contribution < 1.29 is 14.3 Å². The first kappa shape index (κ1) is 17.5. The maximum atomic E-state index is 12.5. The van der Waals surface area contributed by atoms with E-state index in [4.69, 9.17) is 9.47 Å². The predicted molar refractivity (Wildman–Crippen MR) is 94.3 cm³/mol. The maximum Gasteiger partial charge on any atom is 0.248 e. The van der Waals surface area contributed by atoms with Gasteiger partial charge in [0.25, 0.3) is 0 Å². The molecule has 0 saturated carbocycles. The van der Waals surface area contributed by atoms with E-state index < -0.39 is 0 Å². The first-order chi connectivity index (χ1) is 12.3. The van der Waals surface area contributed by atoms with Crippen LogP contribution < -0.4 is 4.74 Å². The zero-order valence-electron chi connectivity index (χ0n) is 14.4. The Morgan fingerprint density at radius 3 is 2.84 bits per heavy atom. The second kappa shape index (κ2) is 9.22. The Kier molecular flexibility index (Phi) is 6.45. The number of likely N-dealkylation sites (tertiary alicyclic amines) is 1. The fourth-order valence-electron chi connectivity index (χ4n) is 3.12. The average Bonchev–Trinajstić information content (AvgIpc) is 3.16. The summed E-state index contributed by atoms with van der Waals surface area (Å²) in [5.41, 5.74) is 0. The zero-order chi connectivity index (χ0) is 17.3. The lowest BCUT2D eigenvalue weighted by molar-refractivity contribution is -0.140. The minimum atomic E-state index is 0.0524. The molecule has 2 aromatic rings. The normalized spacial score (nSPS) is 17.4. The van der Waals surface area contributed by atoms with Gasteiger partial charge in [-0.2, -0.15) is 5.10 Å². The largest absolute Gasteiger partial charge is 0.491 e. The Hall–Kier alpha value is -2.34. The minimum Gasteiger partial charge on any atom is -0.491 e. The van der Waals surface area contributed by atoms with Crippen LogP contribution in [0.1, 0.15) is 19.3 Å². The summed E-state index contributed by atoms with van der Waals surface area (Å²) in [7, 11) is 0. The summed E-state index contributed by atoms with van der Waals surface area (Å²) in [5.74, 6) is 0.865. The SMILES string of the molecule is O=C(COCCOc1ccccc1)N1CCCC[C@@H]1Cn1cccn1. The van der Waals surface area contributed by atoms with Gasteiger partial charge in [-0.25, -0.2) is 0 Å². The number of amides is 1. The smallest absolute Gasteiger partial charge is 0.248 e. The topological polar surface area (TPSA) is 56.6 Å². The Balaban J connectivity index is 1.40. The van der Waals surface area contributed by atoms with Crippen molar-refractivity contribution in [1.29, 1.82) is 0 Å². The molecular formula is C19H25N3O3. The van der Waals surface area contributed by atoms with E-state index >= 15 is 0 Å². The number of para-hydroxylation sites is 1. The first-order valence-electron chi connectivity index (χ1n) is 8.85. The van der Waals surface area contributed by atoms with Gasteiger partial charge in [0.2, 0.25) is 5.91 Å². The summed E-state index contributed by atoms with van der Waals surface area (Å²) in [4.78, 5) is 14.4. The number of carbonyl (C=O) groups is 1. The van der Waals surface area contributed by atoms with Crippen molar-refractivity contribution in [3.63, 3.8) is 0 Å². The summed E-state index contributed by atoms with van der Waals surface area (Å²) >= 11 is 0. The summed E-state index contributed by atoms with van der Waals surface area (Å²) in [6, 6.07) is 11.7. The average molecular weight is 343 g/mol. The number of carbonyl (C=O) groups excluding carboxylic acids is 1. The lowest BCUT2D eigenvalue weighted by Gasteiger charge is -2.35. The van der Waals surface area contributed by atoms with E-state index in [-0.39, 0.29) is 18.6 Å². The van der Waals surface area contributed by atoms with Crippen LogP contribution in [0.3, 0.4) is 0 Å². The molecule has 6 heteroatoms. The van der Waals surface area contributed by atoms with Crippen LogP contribution in [0.15, 0.2) is 48.8 Å². The van der Waals surface area contributed by atoms with E-state index in [1.807, 2.05) is 52.2 Å². The van der Waals surface area contributed by atoms with Gasteiger partial charge in [-0.15, -0.1) is 0 Å². The molecule has 134 valence electrons. The Morgan fingerprint density at radius 2 is 2.04 bits per heavy atom. The predicted octanol–water partition coefficient (Wildman–Crippen LogP) is 2.36. The van der Waals surface area contributed by atoms with Crippen molar-refractivity contribution in [2.75, 3.05) is 26.4 Å². The van der Waals surface area contributed by atoms with Crippen molar-refractivity contribution in [3.8, 4) is 5.75 Å². The molecule has 1 aromatic heterocycles. The third-order valence-electron chi connectivity index (χ3n) is 4.37. The van der Waals surface area contributed by atoms with Gasteiger partial charge in [-0.05, 0) is 37.5 Å². The molecule has 1 aliphatic heterocycles. The summed E-state index contributed by atoms with van der Waals surface area (Å²) < 4.78 is 13.0. The van der Waals surface area contributed by atoms with Gasteiger partial charge in [-0.1, -0.05) is 18.2 Å². The second-order valence-electron chi connectivity index (χ2n) is 6.18. The second-order valence-corrected chi connectivity index (χ2v) is 6.18. The van der Waals surface area contributed by atoms with Crippen LogP contribution in [0.25, 0.3) is 0 Å². The molecule has 1 saturated heterocycles. The van der Waals surface area contributed by atoms with E-state index in [0.717, 1.165) is 38.1 Å². The molecule has 0 bridgehead atoms. The maximum absolute atomic E-state index is 12.5. The van der Waals surface area contributed by atoms with Crippen LogP contribution in [0, 0.1) is 0 Å². The molecule has 6 nitrogen and oxygen atoms in total. The highest BCUT2D eigenvalue weighted by molar-refractivity contribution is 5.77. The number of aromatic nitrogens is 2. The number of nitrogens with zero attached hydrogens (tertiary/aromatic N) is 3. The van der Waals surface area contributed by atoms with Gasteiger partial charge in [0.15, 0.2) is 0 Å². The number of hydrogen-bond donors (Lipinski definition) is 0. The lowest BCUT2D eigenvalue weighted by Crippen LogP contribution is -2.47. The molecule has 0 aliphatic carbocycles. The quantitative estimate of drug-likeness (QED) is 0.691. The number of rotatable bonds is 8. The van der Waals surface area contributed by atoms with Gasteiger partial charge in [0, 0.05) is 18.9 Å². The van der Waals surface area contributed by atoms with E-state index in [2.05, 4.69) is 5.10 Å². The van der Waals surface area contributed by atoms with Crippen molar-refractivity contribution in [1.82, 2.24) is 14.7 Å². The van der Waals surface area contributed by atoms with E-state index in [1.165, 1.54) is 0 Å². The Morgan fingerprint density at radius 1 is 1.16 bits per heavy atom. The van der Waals surface area contributed by atoms with Crippen molar-refractivity contribution in [2.24, 2.45) is 0 Å². The summed E-state index contributed by atoms with van der Waals surface area (Å²) in [5, 5.41) is 4.25. The lowest BCUT2D eigenvalue weighted by atomic mass is 10.0. The van der Waals surface area contributed by atoms with Crippen molar-refractivity contribution in [2.45, 2.75) is 31.8 Å². The van der Waals surface area contributed by atoms with E-state index in [9.17, 15) is 4.79 Å². The monoisotopic (exact) mass is 343 g/mol. The fourth-order valence-corrected chi connectivity index (χ4v) is 3.12. The van der Waals surface area contributed by atoms with E-state index in [0.29, 0.717) is 13.2 Å². The highest BCUT2D eigenvalue weighted by Gasteiger charge is 2.26. The van der Waals surface area contributed by atoms with E-state index in [1.54, 1.807) is 6.20 Å². The van der Waals surface area contributed by atoms with Gasteiger partial charge < -0.3 is 14.4 Å². The molecule has 0 unspecified atom stereocenters. The highest BCUT2D eigenvalue weighted by atomic mass is 16.5. The summed E-state index contributed by atoms with van der Waals surface area (Å²) in [6.07, 6.45) is 6.93. The number of benzene rings is 1. The van der Waals surface area contributed by atoms with Crippen molar-refractivity contribution in [3.05, 3.63) is 48.8 Å². The minimum absolute atomic E-state index is 0.0524. The molecule has 0 radical (unpaired) electrons. The van der Waals surface area contributed by atoms with Gasteiger partial charge >= 0.3 is 0 Å². The fraction of sp³-hybridized carbons (Fsp3) is 0.474. The first-order valence-corrected chi connectivity index (χ1v) is 8.85. The van der Waals surface area contributed by atoms with Crippen LogP contribution >= 0.6 is 0 Å². The molecule has 1 atom stereocenters. The molecule has 1 amide bonds. The molecule has 1 aliphatic rings. The summed E-state index contributed by atoms with van der Waals surface area (Å²) in [6.45, 7) is 2.49. The van der Waals surface area contributed by atoms with Gasteiger partial charge in [-0.3, -0.25) is 9.48 Å². The zero-order valence-corrected chi connectivity index (χ0v) is 14.4. The molecular weight excluding hydrogens is 318 g/mol. The van der Waals surface area contributed by atoms with Crippen molar-refractivity contribution >= 4 is 5.91 Å². The third-order valence-corrected chi connectivity index (χ3v) is 4.37. The number of piperidine rings is 1. The molecule has 0 N–H and O–H groups in total. The molecule has 0 spiro atoms. The number of ether oxygens (including phenoxy) is 2. The number of hydrogen-bond acceptors (Lipinski definition) is 4. The molecule has 1 aromatic carbocycles. The Labute approximate surface area is 148 Å². The molecule has 2 heterocycles. The van der Waals surface area contributed by atoms with Crippen LogP contribution in [0.2, 0.25) is 0 Å². The Bertz CT molecular complexity index is 631. The van der Waals surface area contributed by atoms with Crippen LogP contribution in [-0.2, 0) is 16.1 Å². The van der Waals surface area contributed by atoms with Gasteiger partial charge in [0.05, 0.1) is 19.2 Å². The third kappa shape index (κ3) is 5.32. The molecule has 1 fully saturated rings. The molecule has 3 rings (SSSR count).